The van der Waals surface area contributed by atoms with E-state index in [1.165, 1.54) is 24.3 Å². The fourth-order valence-electron chi connectivity index (χ4n) is 2.74. The molecule has 3 aromatic carbocycles. The van der Waals surface area contributed by atoms with Gasteiger partial charge in [-0.05, 0) is 61.4 Å². The van der Waals surface area contributed by atoms with Crippen molar-refractivity contribution in [2.45, 2.75) is 25.3 Å². The third-order valence-corrected chi connectivity index (χ3v) is 5.78. The number of benzene rings is 3. The molecular weight excluding hydrogens is 400 g/mol. The molecule has 0 saturated carbocycles. The smallest absolute Gasteiger partial charge is 0.261 e. The van der Waals surface area contributed by atoms with Gasteiger partial charge in [0.1, 0.15) is 5.75 Å². The van der Waals surface area contributed by atoms with Gasteiger partial charge in [0.15, 0.2) is 6.61 Å². The molecule has 0 aliphatic heterocycles. The van der Waals surface area contributed by atoms with Crippen LogP contribution in [0.5, 0.6) is 5.75 Å². The van der Waals surface area contributed by atoms with Crippen molar-refractivity contribution < 1.29 is 17.9 Å². The Balaban J connectivity index is 1.52. The molecule has 0 aliphatic rings. The van der Waals surface area contributed by atoms with E-state index < -0.39 is 10.0 Å². The van der Waals surface area contributed by atoms with Crippen molar-refractivity contribution >= 4 is 21.6 Å². The normalized spacial score (nSPS) is 11.0. The van der Waals surface area contributed by atoms with Crippen molar-refractivity contribution in [3.05, 3.63) is 89.5 Å². The first-order chi connectivity index (χ1) is 14.3. The Labute approximate surface area is 177 Å². The maximum absolute atomic E-state index is 12.5. The van der Waals surface area contributed by atoms with E-state index in [9.17, 15) is 13.2 Å². The Kier molecular flexibility index (Phi) is 6.74. The summed E-state index contributed by atoms with van der Waals surface area (Å²) < 4.78 is 33.0. The van der Waals surface area contributed by atoms with Crippen LogP contribution in [0.3, 0.4) is 0 Å². The summed E-state index contributed by atoms with van der Waals surface area (Å²) in [6.45, 7) is 4.16. The SMILES string of the molecule is Cc1ccc(CNC(=O)COc2ccc(S(=O)(=O)Nc3cccc(C)c3)cc2)cc1. The van der Waals surface area contributed by atoms with Crippen LogP contribution in [0.4, 0.5) is 5.69 Å². The standard InChI is InChI=1S/C23H24N2O4S/c1-17-6-8-19(9-7-17)15-24-23(26)16-29-21-10-12-22(13-11-21)30(27,28)25-20-5-3-4-18(2)14-20/h3-14,25H,15-16H2,1-2H3,(H,24,26). The topological polar surface area (TPSA) is 84.5 Å². The molecule has 0 radical (unpaired) electrons. The highest BCUT2D eigenvalue weighted by molar-refractivity contribution is 7.92. The van der Waals surface area contributed by atoms with Gasteiger partial charge in [0, 0.05) is 12.2 Å². The van der Waals surface area contributed by atoms with Crippen LogP contribution in [0.15, 0.2) is 77.7 Å². The molecule has 0 aromatic heterocycles. The zero-order chi connectivity index (χ0) is 21.6. The lowest BCUT2D eigenvalue weighted by Gasteiger charge is -2.10. The summed E-state index contributed by atoms with van der Waals surface area (Å²) in [5.74, 6) is 0.156. The molecule has 0 bridgehead atoms. The summed E-state index contributed by atoms with van der Waals surface area (Å²) >= 11 is 0. The van der Waals surface area contributed by atoms with Crippen LogP contribution >= 0.6 is 0 Å². The average molecular weight is 425 g/mol. The lowest BCUT2D eigenvalue weighted by atomic mass is 10.1. The minimum atomic E-state index is -3.71. The molecule has 0 fully saturated rings. The number of rotatable bonds is 8. The van der Waals surface area contributed by atoms with E-state index in [1.807, 2.05) is 44.2 Å². The van der Waals surface area contributed by atoms with Crippen molar-refractivity contribution in [2.24, 2.45) is 0 Å². The number of carbonyl (C=O) groups is 1. The summed E-state index contributed by atoms with van der Waals surface area (Å²) in [7, 11) is -3.71. The second-order valence-corrected chi connectivity index (χ2v) is 8.68. The Bertz CT molecular complexity index is 1110. The molecule has 2 N–H and O–H groups in total. The van der Waals surface area contributed by atoms with Gasteiger partial charge in [-0.3, -0.25) is 9.52 Å². The van der Waals surface area contributed by atoms with Crippen LogP contribution in [0.25, 0.3) is 0 Å². The predicted octanol–water partition coefficient (Wildman–Crippen LogP) is 3.80. The first-order valence-electron chi connectivity index (χ1n) is 9.46. The summed E-state index contributed by atoms with van der Waals surface area (Å²) in [6, 6.07) is 20.9. The van der Waals surface area contributed by atoms with Crippen LogP contribution in [0.2, 0.25) is 0 Å². The van der Waals surface area contributed by atoms with E-state index >= 15 is 0 Å². The number of ether oxygens (including phenoxy) is 1. The van der Waals surface area contributed by atoms with Gasteiger partial charge in [-0.25, -0.2) is 8.42 Å². The van der Waals surface area contributed by atoms with Crippen LogP contribution in [0, 0.1) is 13.8 Å². The highest BCUT2D eigenvalue weighted by Gasteiger charge is 2.14. The van der Waals surface area contributed by atoms with Gasteiger partial charge < -0.3 is 10.1 Å². The van der Waals surface area contributed by atoms with Crippen LogP contribution in [-0.4, -0.2) is 20.9 Å². The molecule has 7 heteroatoms. The molecule has 0 atom stereocenters. The molecule has 0 saturated heterocycles. The second-order valence-electron chi connectivity index (χ2n) is 7.00. The van der Waals surface area contributed by atoms with Crippen LogP contribution < -0.4 is 14.8 Å². The van der Waals surface area contributed by atoms with E-state index in [0.717, 1.165) is 16.7 Å². The van der Waals surface area contributed by atoms with E-state index in [2.05, 4.69) is 10.0 Å². The predicted molar refractivity (Wildman–Crippen MR) is 117 cm³/mol. The van der Waals surface area contributed by atoms with Crippen molar-refractivity contribution in [3.63, 3.8) is 0 Å². The van der Waals surface area contributed by atoms with Gasteiger partial charge in [-0.1, -0.05) is 42.0 Å². The second kappa shape index (κ2) is 9.45. The van der Waals surface area contributed by atoms with E-state index in [-0.39, 0.29) is 17.4 Å². The summed E-state index contributed by atoms with van der Waals surface area (Å²) in [4.78, 5) is 12.1. The lowest BCUT2D eigenvalue weighted by Crippen LogP contribution is -2.28. The third kappa shape index (κ3) is 6.09. The Morgan fingerprint density at radius 1 is 0.900 bits per heavy atom. The first kappa shape index (κ1) is 21.4. The molecule has 30 heavy (non-hydrogen) atoms. The maximum atomic E-state index is 12.5. The molecule has 0 aliphatic carbocycles. The maximum Gasteiger partial charge on any atom is 0.261 e. The number of nitrogens with one attached hydrogen (secondary N) is 2. The molecule has 0 spiro atoms. The summed E-state index contributed by atoms with van der Waals surface area (Å²) in [5, 5.41) is 2.79. The Morgan fingerprint density at radius 2 is 1.60 bits per heavy atom. The number of amides is 1. The number of sulfonamides is 1. The fourth-order valence-corrected chi connectivity index (χ4v) is 3.79. The first-order valence-corrected chi connectivity index (χ1v) is 10.9. The minimum absolute atomic E-state index is 0.111. The highest BCUT2D eigenvalue weighted by Crippen LogP contribution is 2.20. The largest absolute Gasteiger partial charge is 0.484 e. The van der Waals surface area contributed by atoms with Crippen molar-refractivity contribution in [2.75, 3.05) is 11.3 Å². The van der Waals surface area contributed by atoms with Gasteiger partial charge in [0.2, 0.25) is 0 Å². The summed E-state index contributed by atoms with van der Waals surface area (Å²) in [6.07, 6.45) is 0. The molecule has 3 rings (SSSR count). The monoisotopic (exact) mass is 424 g/mol. The zero-order valence-electron chi connectivity index (χ0n) is 16.9. The molecule has 3 aromatic rings. The van der Waals surface area contributed by atoms with Crippen LogP contribution in [-0.2, 0) is 21.4 Å². The van der Waals surface area contributed by atoms with Gasteiger partial charge in [-0.2, -0.15) is 0 Å². The molecule has 6 nitrogen and oxygen atoms in total. The number of aryl methyl sites for hydroxylation is 2. The Morgan fingerprint density at radius 3 is 2.27 bits per heavy atom. The van der Waals surface area contributed by atoms with Gasteiger partial charge in [-0.15, -0.1) is 0 Å². The number of anilines is 1. The molecule has 0 heterocycles. The summed E-state index contributed by atoms with van der Waals surface area (Å²) in [5.41, 5.74) is 3.62. The van der Waals surface area contributed by atoms with Crippen LogP contribution in [0.1, 0.15) is 16.7 Å². The fraction of sp³-hybridized carbons (Fsp3) is 0.174. The highest BCUT2D eigenvalue weighted by atomic mass is 32.2. The van der Waals surface area contributed by atoms with Crippen molar-refractivity contribution in [1.82, 2.24) is 5.32 Å². The quantitative estimate of drug-likeness (QED) is 0.576. The Hall–Kier alpha value is -3.32. The molecule has 1 amide bonds. The zero-order valence-corrected chi connectivity index (χ0v) is 17.7. The van der Waals surface area contributed by atoms with Gasteiger partial charge >= 0.3 is 0 Å². The van der Waals surface area contributed by atoms with Gasteiger partial charge in [0.05, 0.1) is 4.90 Å². The molecule has 0 unspecified atom stereocenters. The van der Waals surface area contributed by atoms with E-state index in [0.29, 0.717) is 18.0 Å². The molecule has 156 valence electrons. The number of carbonyl (C=O) groups excluding carboxylic acids is 1. The third-order valence-electron chi connectivity index (χ3n) is 4.38. The number of hydrogen-bond donors (Lipinski definition) is 2. The van der Waals surface area contributed by atoms with E-state index in [1.54, 1.807) is 18.2 Å². The van der Waals surface area contributed by atoms with Crippen molar-refractivity contribution in [1.29, 1.82) is 0 Å². The lowest BCUT2D eigenvalue weighted by molar-refractivity contribution is -0.123. The average Bonchev–Trinajstić information content (AvgIpc) is 2.72. The molecular formula is C23H24N2O4S. The van der Waals surface area contributed by atoms with Gasteiger partial charge in [0.25, 0.3) is 15.9 Å². The number of hydrogen-bond acceptors (Lipinski definition) is 4. The van der Waals surface area contributed by atoms with E-state index in [4.69, 9.17) is 4.74 Å². The van der Waals surface area contributed by atoms with Crippen molar-refractivity contribution in [3.8, 4) is 5.75 Å². The minimum Gasteiger partial charge on any atom is -0.484 e.